The zero-order valence-electron chi connectivity index (χ0n) is 13.8. The van der Waals surface area contributed by atoms with Crippen LogP contribution >= 0.6 is 0 Å². The van der Waals surface area contributed by atoms with E-state index in [1.807, 2.05) is 13.0 Å². The molecular weight excluding hydrogens is 272 g/mol. The largest absolute Gasteiger partial charge is 0.367 e. The molecule has 1 aliphatic carbocycles. The van der Waals surface area contributed by atoms with Crippen molar-refractivity contribution >= 4 is 17.5 Å². The lowest BCUT2D eigenvalue weighted by Gasteiger charge is -2.17. The van der Waals surface area contributed by atoms with Crippen LogP contribution in [0.1, 0.15) is 49.4 Å². The molecule has 4 heteroatoms. The summed E-state index contributed by atoms with van der Waals surface area (Å²) in [5, 5.41) is 6.88. The van der Waals surface area contributed by atoms with Gasteiger partial charge in [-0.25, -0.2) is 4.98 Å². The molecule has 1 aromatic heterocycles. The Hall–Kier alpha value is -2.10. The first-order valence-electron chi connectivity index (χ1n) is 8.01. The highest BCUT2D eigenvalue weighted by Gasteiger charge is 2.21. The van der Waals surface area contributed by atoms with Gasteiger partial charge in [-0.2, -0.15) is 4.98 Å². The van der Waals surface area contributed by atoms with Crippen LogP contribution in [0, 0.1) is 13.8 Å². The van der Waals surface area contributed by atoms with Gasteiger partial charge >= 0.3 is 0 Å². The molecule has 2 aromatic rings. The molecule has 0 saturated heterocycles. The number of para-hydroxylation sites is 1. The Labute approximate surface area is 132 Å². The first-order valence-corrected chi connectivity index (χ1v) is 8.01. The zero-order valence-corrected chi connectivity index (χ0v) is 13.8. The molecule has 1 saturated carbocycles. The van der Waals surface area contributed by atoms with E-state index in [0.717, 1.165) is 17.2 Å². The number of nitrogens with one attached hydrogen (secondary N) is 2. The second-order valence-corrected chi connectivity index (χ2v) is 6.46. The Morgan fingerprint density at radius 3 is 2.59 bits per heavy atom. The highest BCUT2D eigenvalue weighted by Crippen LogP contribution is 2.30. The predicted molar refractivity (Wildman–Crippen MR) is 92.0 cm³/mol. The van der Waals surface area contributed by atoms with E-state index >= 15 is 0 Å². The van der Waals surface area contributed by atoms with Crippen LogP contribution in [0.4, 0.5) is 17.5 Å². The van der Waals surface area contributed by atoms with Gasteiger partial charge in [-0.1, -0.05) is 32.0 Å². The fraction of sp³-hybridized carbons (Fsp3) is 0.444. The van der Waals surface area contributed by atoms with Gasteiger partial charge in [0, 0.05) is 23.5 Å². The average molecular weight is 296 g/mol. The monoisotopic (exact) mass is 296 g/mol. The maximum Gasteiger partial charge on any atom is 0.229 e. The number of aromatic nitrogens is 2. The molecule has 0 aliphatic heterocycles. The van der Waals surface area contributed by atoms with Crippen LogP contribution in [-0.2, 0) is 0 Å². The molecule has 1 fully saturated rings. The number of anilines is 3. The van der Waals surface area contributed by atoms with E-state index in [0.29, 0.717) is 17.9 Å². The van der Waals surface area contributed by atoms with Gasteiger partial charge in [0.25, 0.3) is 0 Å². The predicted octanol–water partition coefficient (Wildman–Crippen LogP) is 4.53. The lowest BCUT2D eigenvalue weighted by Crippen LogP contribution is -2.08. The van der Waals surface area contributed by atoms with E-state index in [1.54, 1.807) is 0 Å². The fourth-order valence-corrected chi connectivity index (χ4v) is 2.59. The van der Waals surface area contributed by atoms with Crippen molar-refractivity contribution in [2.45, 2.75) is 52.5 Å². The van der Waals surface area contributed by atoms with Crippen molar-refractivity contribution in [1.29, 1.82) is 0 Å². The summed E-state index contributed by atoms with van der Waals surface area (Å²) in [4.78, 5) is 9.15. The van der Waals surface area contributed by atoms with Gasteiger partial charge < -0.3 is 10.6 Å². The molecule has 0 unspecified atom stereocenters. The van der Waals surface area contributed by atoms with Crippen molar-refractivity contribution in [1.82, 2.24) is 9.97 Å². The Kier molecular flexibility index (Phi) is 4.01. The first-order chi connectivity index (χ1) is 10.5. The topological polar surface area (TPSA) is 49.8 Å². The van der Waals surface area contributed by atoms with Crippen molar-refractivity contribution in [2.24, 2.45) is 0 Å². The third-order valence-corrected chi connectivity index (χ3v) is 3.95. The highest BCUT2D eigenvalue weighted by atomic mass is 15.2. The summed E-state index contributed by atoms with van der Waals surface area (Å²) in [5.41, 5.74) is 4.61. The summed E-state index contributed by atoms with van der Waals surface area (Å²) in [6.07, 6.45) is 2.47. The van der Waals surface area contributed by atoms with E-state index in [2.05, 4.69) is 59.6 Å². The standard InChI is InChI=1S/C18H24N4/c1-11(2)15-7-5-6-12(3)17(15)22-18-19-13(4)10-16(21-18)20-14-8-9-14/h5-7,10-11,14H,8-9H2,1-4H3,(H2,19,20,21,22). The van der Waals surface area contributed by atoms with Gasteiger partial charge in [-0.05, 0) is 43.7 Å². The summed E-state index contributed by atoms with van der Waals surface area (Å²) in [6.45, 7) is 8.54. The fourth-order valence-electron chi connectivity index (χ4n) is 2.59. The molecule has 1 aliphatic rings. The molecular formula is C18H24N4. The molecule has 3 rings (SSSR count). The number of rotatable bonds is 5. The number of aryl methyl sites for hydroxylation is 2. The van der Waals surface area contributed by atoms with Crippen molar-refractivity contribution in [3.8, 4) is 0 Å². The van der Waals surface area contributed by atoms with E-state index in [1.165, 1.54) is 24.0 Å². The molecule has 2 N–H and O–H groups in total. The molecule has 4 nitrogen and oxygen atoms in total. The van der Waals surface area contributed by atoms with Gasteiger partial charge in [0.05, 0.1) is 0 Å². The van der Waals surface area contributed by atoms with E-state index < -0.39 is 0 Å². The molecule has 0 radical (unpaired) electrons. The van der Waals surface area contributed by atoms with E-state index in [-0.39, 0.29) is 0 Å². The smallest absolute Gasteiger partial charge is 0.229 e. The van der Waals surface area contributed by atoms with Crippen LogP contribution in [0.3, 0.4) is 0 Å². The summed E-state index contributed by atoms with van der Waals surface area (Å²) >= 11 is 0. The SMILES string of the molecule is Cc1cc(NC2CC2)nc(Nc2c(C)cccc2C(C)C)n1. The summed E-state index contributed by atoms with van der Waals surface area (Å²) in [6, 6.07) is 8.98. The lowest BCUT2D eigenvalue weighted by molar-refractivity contribution is 0.866. The van der Waals surface area contributed by atoms with Crippen molar-refractivity contribution < 1.29 is 0 Å². The highest BCUT2D eigenvalue weighted by molar-refractivity contribution is 5.64. The Balaban J connectivity index is 1.91. The second-order valence-electron chi connectivity index (χ2n) is 6.46. The van der Waals surface area contributed by atoms with Crippen molar-refractivity contribution in [3.05, 3.63) is 41.1 Å². The van der Waals surface area contributed by atoms with Crippen molar-refractivity contribution in [2.75, 3.05) is 10.6 Å². The number of hydrogen-bond acceptors (Lipinski definition) is 4. The van der Waals surface area contributed by atoms with Crippen LogP contribution in [0.2, 0.25) is 0 Å². The third-order valence-electron chi connectivity index (χ3n) is 3.95. The molecule has 1 aromatic carbocycles. The van der Waals surface area contributed by atoms with Gasteiger partial charge in [-0.15, -0.1) is 0 Å². The van der Waals surface area contributed by atoms with Crippen LogP contribution in [0.25, 0.3) is 0 Å². The lowest BCUT2D eigenvalue weighted by atomic mass is 9.98. The normalized spacial score (nSPS) is 14.2. The average Bonchev–Trinajstić information content (AvgIpc) is 3.24. The maximum atomic E-state index is 4.62. The van der Waals surface area contributed by atoms with Crippen molar-refractivity contribution in [3.63, 3.8) is 0 Å². The Morgan fingerprint density at radius 1 is 1.14 bits per heavy atom. The molecule has 116 valence electrons. The van der Waals surface area contributed by atoms with E-state index in [4.69, 9.17) is 0 Å². The van der Waals surface area contributed by atoms with Crippen LogP contribution in [-0.4, -0.2) is 16.0 Å². The maximum absolute atomic E-state index is 4.62. The quantitative estimate of drug-likeness (QED) is 0.850. The molecule has 0 bridgehead atoms. The second kappa shape index (κ2) is 5.95. The third kappa shape index (κ3) is 3.38. The molecule has 22 heavy (non-hydrogen) atoms. The van der Waals surface area contributed by atoms with Gasteiger partial charge in [0.2, 0.25) is 5.95 Å². The van der Waals surface area contributed by atoms with Gasteiger partial charge in [0.15, 0.2) is 0 Å². The Bertz CT molecular complexity index is 675. The number of hydrogen-bond donors (Lipinski definition) is 2. The summed E-state index contributed by atoms with van der Waals surface area (Å²) < 4.78 is 0. The number of nitrogens with zero attached hydrogens (tertiary/aromatic N) is 2. The van der Waals surface area contributed by atoms with Crippen LogP contribution in [0.15, 0.2) is 24.3 Å². The molecule has 0 atom stereocenters. The minimum absolute atomic E-state index is 0.455. The minimum Gasteiger partial charge on any atom is -0.367 e. The van der Waals surface area contributed by atoms with E-state index in [9.17, 15) is 0 Å². The molecule has 0 amide bonds. The summed E-state index contributed by atoms with van der Waals surface area (Å²) in [5.74, 6) is 2.03. The van der Waals surface area contributed by atoms with Crippen LogP contribution in [0.5, 0.6) is 0 Å². The van der Waals surface area contributed by atoms with Gasteiger partial charge in [0.1, 0.15) is 5.82 Å². The zero-order chi connectivity index (χ0) is 15.7. The summed E-state index contributed by atoms with van der Waals surface area (Å²) in [7, 11) is 0. The number of benzene rings is 1. The van der Waals surface area contributed by atoms with Crippen LogP contribution < -0.4 is 10.6 Å². The van der Waals surface area contributed by atoms with Gasteiger partial charge in [-0.3, -0.25) is 0 Å². The first kappa shape index (κ1) is 14.8. The molecule has 0 spiro atoms. The minimum atomic E-state index is 0.455. The molecule has 1 heterocycles. The Morgan fingerprint density at radius 2 is 1.91 bits per heavy atom.